The minimum absolute atomic E-state index is 0.222. The van der Waals surface area contributed by atoms with Crippen molar-refractivity contribution in [1.82, 2.24) is 0 Å². The van der Waals surface area contributed by atoms with Crippen LogP contribution >= 0.6 is 23.4 Å². The van der Waals surface area contributed by atoms with Crippen LogP contribution in [0.1, 0.15) is 24.1 Å². The maximum atomic E-state index is 13.6. The molecule has 2 aromatic rings. The third kappa shape index (κ3) is 3.30. The zero-order chi connectivity index (χ0) is 14.0. The first-order valence-corrected chi connectivity index (χ1v) is 7.16. The van der Waals surface area contributed by atoms with Crippen LogP contribution in [-0.4, -0.2) is 0 Å². The highest BCUT2D eigenvalue weighted by Gasteiger charge is 2.13. The minimum atomic E-state index is -0.226. The van der Waals surface area contributed by atoms with Crippen molar-refractivity contribution in [2.24, 2.45) is 5.73 Å². The SMILES string of the molecule is Cc1cc(Sc2ccccc2Cl)c([C@H](C)N)cc1F. The molecule has 0 amide bonds. The molecule has 4 heteroatoms. The van der Waals surface area contributed by atoms with E-state index in [1.54, 1.807) is 6.92 Å². The molecule has 0 spiro atoms. The van der Waals surface area contributed by atoms with Gasteiger partial charge < -0.3 is 5.73 Å². The molecule has 0 radical (unpaired) electrons. The van der Waals surface area contributed by atoms with E-state index in [2.05, 4.69) is 0 Å². The summed E-state index contributed by atoms with van der Waals surface area (Å²) in [5.74, 6) is -0.226. The number of hydrogen-bond donors (Lipinski definition) is 1. The maximum Gasteiger partial charge on any atom is 0.126 e. The van der Waals surface area contributed by atoms with Crippen LogP contribution in [0, 0.1) is 12.7 Å². The lowest BCUT2D eigenvalue weighted by Crippen LogP contribution is -2.07. The Bertz CT molecular complexity index is 599. The third-order valence-electron chi connectivity index (χ3n) is 2.84. The Kier molecular flexibility index (Phi) is 4.50. The van der Waals surface area contributed by atoms with Crippen molar-refractivity contribution >= 4 is 23.4 Å². The monoisotopic (exact) mass is 295 g/mol. The van der Waals surface area contributed by atoms with Crippen molar-refractivity contribution in [3.63, 3.8) is 0 Å². The van der Waals surface area contributed by atoms with Gasteiger partial charge in [-0.1, -0.05) is 35.5 Å². The van der Waals surface area contributed by atoms with Gasteiger partial charge in [0.25, 0.3) is 0 Å². The molecule has 2 N–H and O–H groups in total. The lowest BCUT2D eigenvalue weighted by molar-refractivity contribution is 0.610. The van der Waals surface area contributed by atoms with Crippen LogP contribution in [0.4, 0.5) is 4.39 Å². The molecule has 0 unspecified atom stereocenters. The molecule has 100 valence electrons. The first-order chi connectivity index (χ1) is 8.99. The summed E-state index contributed by atoms with van der Waals surface area (Å²) < 4.78 is 13.6. The second kappa shape index (κ2) is 5.95. The fourth-order valence-corrected chi connectivity index (χ4v) is 3.16. The largest absolute Gasteiger partial charge is 0.324 e. The predicted octanol–water partition coefficient (Wildman–Crippen LogP) is 4.96. The number of benzene rings is 2. The number of rotatable bonds is 3. The van der Waals surface area contributed by atoms with Gasteiger partial charge in [-0.25, -0.2) is 4.39 Å². The van der Waals surface area contributed by atoms with E-state index in [1.807, 2.05) is 37.3 Å². The summed E-state index contributed by atoms with van der Waals surface area (Å²) in [6, 6.07) is 10.7. The first-order valence-electron chi connectivity index (χ1n) is 5.97. The highest BCUT2D eigenvalue weighted by molar-refractivity contribution is 7.99. The van der Waals surface area contributed by atoms with E-state index in [4.69, 9.17) is 17.3 Å². The molecular formula is C15H15ClFNS. The van der Waals surface area contributed by atoms with E-state index < -0.39 is 0 Å². The van der Waals surface area contributed by atoms with Crippen LogP contribution in [0.2, 0.25) is 5.02 Å². The van der Waals surface area contributed by atoms with Crippen molar-refractivity contribution in [1.29, 1.82) is 0 Å². The van der Waals surface area contributed by atoms with Crippen LogP contribution < -0.4 is 5.73 Å². The van der Waals surface area contributed by atoms with Gasteiger partial charge in [-0.15, -0.1) is 0 Å². The molecule has 0 saturated carbocycles. The van der Waals surface area contributed by atoms with Gasteiger partial charge in [0, 0.05) is 15.8 Å². The van der Waals surface area contributed by atoms with Gasteiger partial charge in [-0.3, -0.25) is 0 Å². The van der Waals surface area contributed by atoms with E-state index in [0.29, 0.717) is 10.6 Å². The predicted molar refractivity (Wildman–Crippen MR) is 79.3 cm³/mol. The average Bonchev–Trinajstić information content (AvgIpc) is 2.36. The van der Waals surface area contributed by atoms with E-state index in [0.717, 1.165) is 15.4 Å². The average molecular weight is 296 g/mol. The van der Waals surface area contributed by atoms with Gasteiger partial charge in [0.2, 0.25) is 0 Å². The van der Waals surface area contributed by atoms with Gasteiger partial charge in [-0.05, 0) is 49.2 Å². The van der Waals surface area contributed by atoms with Gasteiger partial charge in [0.05, 0.1) is 5.02 Å². The minimum Gasteiger partial charge on any atom is -0.324 e. The highest BCUT2D eigenvalue weighted by Crippen LogP contribution is 2.37. The lowest BCUT2D eigenvalue weighted by atomic mass is 10.1. The summed E-state index contributed by atoms with van der Waals surface area (Å²) in [7, 11) is 0. The molecule has 1 atom stereocenters. The van der Waals surface area contributed by atoms with Gasteiger partial charge in [0.15, 0.2) is 0 Å². The Balaban J connectivity index is 2.45. The Morgan fingerprint density at radius 2 is 1.89 bits per heavy atom. The summed E-state index contributed by atoms with van der Waals surface area (Å²) in [6.07, 6.45) is 0. The van der Waals surface area contributed by atoms with E-state index >= 15 is 0 Å². The Morgan fingerprint density at radius 3 is 2.53 bits per heavy atom. The van der Waals surface area contributed by atoms with Crippen LogP contribution in [0.5, 0.6) is 0 Å². The van der Waals surface area contributed by atoms with Crippen molar-refractivity contribution in [3.8, 4) is 0 Å². The molecule has 0 aliphatic rings. The number of hydrogen-bond acceptors (Lipinski definition) is 2. The summed E-state index contributed by atoms with van der Waals surface area (Å²) in [5, 5.41) is 0.685. The van der Waals surface area contributed by atoms with Gasteiger partial charge in [-0.2, -0.15) is 0 Å². The molecule has 0 aliphatic carbocycles. The Morgan fingerprint density at radius 1 is 1.21 bits per heavy atom. The molecule has 0 saturated heterocycles. The highest BCUT2D eigenvalue weighted by atomic mass is 35.5. The summed E-state index contributed by atoms with van der Waals surface area (Å²) in [5.41, 5.74) is 7.32. The molecule has 2 aromatic carbocycles. The van der Waals surface area contributed by atoms with Crippen LogP contribution in [0.3, 0.4) is 0 Å². The normalized spacial score (nSPS) is 12.5. The van der Waals surface area contributed by atoms with E-state index in [9.17, 15) is 4.39 Å². The second-order valence-corrected chi connectivity index (χ2v) is 5.95. The fraction of sp³-hybridized carbons (Fsp3) is 0.200. The van der Waals surface area contributed by atoms with Crippen LogP contribution in [-0.2, 0) is 0 Å². The molecule has 0 aliphatic heterocycles. The summed E-state index contributed by atoms with van der Waals surface area (Å²) >= 11 is 7.66. The van der Waals surface area contributed by atoms with E-state index in [1.165, 1.54) is 17.8 Å². The molecule has 19 heavy (non-hydrogen) atoms. The van der Waals surface area contributed by atoms with Crippen molar-refractivity contribution in [2.45, 2.75) is 29.7 Å². The summed E-state index contributed by atoms with van der Waals surface area (Å²) in [4.78, 5) is 1.89. The number of nitrogens with two attached hydrogens (primary N) is 1. The fourth-order valence-electron chi connectivity index (χ4n) is 1.76. The Hall–Kier alpha value is -1.03. The van der Waals surface area contributed by atoms with Gasteiger partial charge >= 0.3 is 0 Å². The first kappa shape index (κ1) is 14.4. The molecule has 0 fully saturated rings. The van der Waals surface area contributed by atoms with Crippen molar-refractivity contribution < 1.29 is 4.39 Å². The van der Waals surface area contributed by atoms with Crippen molar-refractivity contribution in [2.75, 3.05) is 0 Å². The topological polar surface area (TPSA) is 26.0 Å². The molecule has 0 aromatic heterocycles. The third-order valence-corrected chi connectivity index (χ3v) is 4.43. The van der Waals surface area contributed by atoms with Gasteiger partial charge in [0.1, 0.15) is 5.82 Å². The zero-order valence-electron chi connectivity index (χ0n) is 10.8. The summed E-state index contributed by atoms with van der Waals surface area (Å²) in [6.45, 7) is 3.59. The number of aryl methyl sites for hydroxylation is 1. The van der Waals surface area contributed by atoms with E-state index in [-0.39, 0.29) is 11.9 Å². The van der Waals surface area contributed by atoms with Crippen LogP contribution in [0.15, 0.2) is 46.2 Å². The second-order valence-electron chi connectivity index (χ2n) is 4.46. The zero-order valence-corrected chi connectivity index (χ0v) is 12.4. The quantitative estimate of drug-likeness (QED) is 0.866. The molecular weight excluding hydrogens is 281 g/mol. The lowest BCUT2D eigenvalue weighted by Gasteiger charge is -2.14. The van der Waals surface area contributed by atoms with Crippen molar-refractivity contribution in [3.05, 3.63) is 58.4 Å². The molecule has 0 bridgehead atoms. The van der Waals surface area contributed by atoms with Crippen LogP contribution in [0.25, 0.3) is 0 Å². The molecule has 2 rings (SSSR count). The smallest absolute Gasteiger partial charge is 0.126 e. The molecule has 1 nitrogen and oxygen atoms in total. The Labute approximate surface area is 122 Å². The number of halogens is 2. The molecule has 0 heterocycles. The standard InChI is InChI=1S/C15H15ClFNS/c1-9-7-15(11(10(2)18)8-13(9)17)19-14-6-4-3-5-12(14)16/h3-8,10H,18H2,1-2H3/t10-/m0/s1. The maximum absolute atomic E-state index is 13.6.